The van der Waals surface area contributed by atoms with E-state index in [0.717, 1.165) is 11.1 Å². The van der Waals surface area contributed by atoms with E-state index in [9.17, 15) is 8.78 Å². The van der Waals surface area contributed by atoms with Crippen LogP contribution in [0.2, 0.25) is 0 Å². The maximum absolute atomic E-state index is 14.1. The lowest BCUT2D eigenvalue weighted by atomic mass is 9.98. The first kappa shape index (κ1) is 12.2. The predicted octanol–water partition coefficient (Wildman–Crippen LogP) is 4.44. The summed E-state index contributed by atoms with van der Waals surface area (Å²) in [5, 5.41) is 0. The molecule has 2 aromatic rings. The van der Waals surface area contributed by atoms with Crippen LogP contribution in [0.4, 0.5) is 14.5 Å². The van der Waals surface area contributed by atoms with Gasteiger partial charge in [0.25, 0.3) is 5.92 Å². The first-order valence-corrected chi connectivity index (χ1v) is 6.41. The molecule has 0 atom stereocenters. The van der Waals surface area contributed by atoms with Crippen molar-refractivity contribution in [3.63, 3.8) is 0 Å². The van der Waals surface area contributed by atoms with Gasteiger partial charge in [-0.1, -0.05) is 30.3 Å². The lowest BCUT2D eigenvalue weighted by Crippen LogP contribution is -2.15. The van der Waals surface area contributed by atoms with Crippen LogP contribution in [0.15, 0.2) is 48.5 Å². The Morgan fingerprint density at radius 2 is 1.58 bits per heavy atom. The molecule has 0 bridgehead atoms. The molecule has 0 unspecified atom stereocenters. The fourth-order valence-electron chi connectivity index (χ4n) is 2.31. The highest BCUT2D eigenvalue weighted by molar-refractivity contribution is 5.68. The Bertz CT molecular complexity index is 603. The van der Waals surface area contributed by atoms with Gasteiger partial charge in [0, 0.05) is 17.2 Å². The zero-order valence-corrected chi connectivity index (χ0v) is 10.4. The van der Waals surface area contributed by atoms with E-state index in [4.69, 9.17) is 5.73 Å². The van der Waals surface area contributed by atoms with E-state index in [1.54, 1.807) is 24.3 Å². The molecule has 2 N–H and O–H groups in total. The van der Waals surface area contributed by atoms with Crippen molar-refractivity contribution in [3.8, 4) is 11.1 Å². The highest BCUT2D eigenvalue weighted by Crippen LogP contribution is 2.50. The van der Waals surface area contributed by atoms with E-state index in [1.807, 2.05) is 18.2 Å². The molecule has 1 aliphatic carbocycles. The molecule has 0 aliphatic heterocycles. The van der Waals surface area contributed by atoms with Crippen LogP contribution in [0.5, 0.6) is 0 Å². The number of anilines is 1. The summed E-state index contributed by atoms with van der Waals surface area (Å²) in [6.45, 7) is 0. The second-order valence-electron chi connectivity index (χ2n) is 5.10. The van der Waals surface area contributed by atoms with Gasteiger partial charge in [-0.3, -0.25) is 0 Å². The van der Waals surface area contributed by atoms with Crippen LogP contribution < -0.4 is 5.73 Å². The van der Waals surface area contributed by atoms with E-state index < -0.39 is 11.8 Å². The standard InChI is InChI=1S/C16H15F2N/c17-16(18,13-7-8-13)14-5-1-3-11(9-14)12-4-2-6-15(19)10-12/h1-6,9-10,13H,7-8,19H2. The van der Waals surface area contributed by atoms with E-state index in [2.05, 4.69) is 0 Å². The maximum atomic E-state index is 14.1. The van der Waals surface area contributed by atoms with E-state index in [0.29, 0.717) is 18.5 Å². The molecule has 3 rings (SSSR count). The van der Waals surface area contributed by atoms with Crippen LogP contribution in [-0.4, -0.2) is 0 Å². The zero-order chi connectivity index (χ0) is 13.5. The molecule has 0 amide bonds. The average molecular weight is 259 g/mol. The Balaban J connectivity index is 2.00. The Labute approximate surface area is 111 Å². The van der Waals surface area contributed by atoms with Crippen LogP contribution in [0.1, 0.15) is 18.4 Å². The number of halogens is 2. The third-order valence-corrected chi connectivity index (χ3v) is 3.56. The van der Waals surface area contributed by atoms with Gasteiger partial charge in [-0.15, -0.1) is 0 Å². The Morgan fingerprint density at radius 1 is 0.947 bits per heavy atom. The molecular weight excluding hydrogens is 244 g/mol. The molecule has 0 aromatic heterocycles. The number of nitrogen functional groups attached to an aromatic ring is 1. The molecule has 1 aliphatic rings. The van der Waals surface area contributed by atoms with Crippen molar-refractivity contribution in [2.45, 2.75) is 18.8 Å². The van der Waals surface area contributed by atoms with Gasteiger partial charge in [0.05, 0.1) is 0 Å². The average Bonchev–Trinajstić information content (AvgIpc) is 3.23. The SMILES string of the molecule is Nc1cccc(-c2cccc(C(F)(F)C3CC3)c2)c1. The van der Waals surface area contributed by atoms with Gasteiger partial charge in [-0.2, -0.15) is 0 Å². The number of alkyl halides is 2. The molecule has 1 saturated carbocycles. The summed E-state index contributed by atoms with van der Waals surface area (Å²) < 4.78 is 28.2. The van der Waals surface area contributed by atoms with Crippen molar-refractivity contribution in [2.75, 3.05) is 5.73 Å². The summed E-state index contributed by atoms with van der Waals surface area (Å²) in [7, 11) is 0. The predicted molar refractivity (Wildman–Crippen MR) is 72.9 cm³/mol. The van der Waals surface area contributed by atoms with Gasteiger partial charge in [0.1, 0.15) is 0 Å². The molecule has 1 fully saturated rings. The van der Waals surface area contributed by atoms with Crippen LogP contribution >= 0.6 is 0 Å². The Morgan fingerprint density at radius 3 is 2.21 bits per heavy atom. The van der Waals surface area contributed by atoms with Crippen LogP contribution in [-0.2, 0) is 5.92 Å². The summed E-state index contributed by atoms with van der Waals surface area (Å²) in [6, 6.07) is 13.9. The molecule has 98 valence electrons. The summed E-state index contributed by atoms with van der Waals surface area (Å²) in [5.41, 5.74) is 8.12. The minimum atomic E-state index is -2.71. The summed E-state index contributed by atoms with van der Waals surface area (Å²) in [4.78, 5) is 0. The fraction of sp³-hybridized carbons (Fsp3) is 0.250. The molecule has 3 heteroatoms. The summed E-state index contributed by atoms with van der Waals surface area (Å²) in [5.74, 6) is -3.19. The Hall–Kier alpha value is -1.90. The molecule has 0 heterocycles. The van der Waals surface area contributed by atoms with Crippen molar-refractivity contribution >= 4 is 5.69 Å². The quantitative estimate of drug-likeness (QED) is 0.810. The van der Waals surface area contributed by atoms with Gasteiger partial charge in [-0.25, -0.2) is 8.78 Å². The van der Waals surface area contributed by atoms with Crippen LogP contribution in [0, 0.1) is 5.92 Å². The van der Waals surface area contributed by atoms with E-state index in [-0.39, 0.29) is 5.56 Å². The molecule has 1 nitrogen and oxygen atoms in total. The number of hydrogen-bond acceptors (Lipinski definition) is 1. The number of benzene rings is 2. The van der Waals surface area contributed by atoms with E-state index >= 15 is 0 Å². The number of rotatable bonds is 3. The number of nitrogens with two attached hydrogens (primary N) is 1. The first-order chi connectivity index (χ1) is 9.07. The largest absolute Gasteiger partial charge is 0.399 e. The molecule has 0 spiro atoms. The molecule has 2 aromatic carbocycles. The van der Waals surface area contributed by atoms with Crippen molar-refractivity contribution in [2.24, 2.45) is 5.92 Å². The minimum absolute atomic E-state index is 0.106. The lowest BCUT2D eigenvalue weighted by molar-refractivity contribution is -0.0285. The second kappa shape index (κ2) is 4.34. The zero-order valence-electron chi connectivity index (χ0n) is 10.4. The van der Waals surface area contributed by atoms with Crippen LogP contribution in [0.25, 0.3) is 11.1 Å². The summed E-state index contributed by atoms with van der Waals surface area (Å²) in [6.07, 6.45) is 1.24. The fourth-order valence-corrected chi connectivity index (χ4v) is 2.31. The molecule has 0 radical (unpaired) electrons. The first-order valence-electron chi connectivity index (χ1n) is 6.41. The van der Waals surface area contributed by atoms with Crippen molar-refractivity contribution in [1.29, 1.82) is 0 Å². The molecule has 19 heavy (non-hydrogen) atoms. The monoisotopic (exact) mass is 259 g/mol. The molecule has 0 saturated heterocycles. The lowest BCUT2D eigenvalue weighted by Gasteiger charge is -2.17. The van der Waals surface area contributed by atoms with Crippen molar-refractivity contribution in [1.82, 2.24) is 0 Å². The second-order valence-corrected chi connectivity index (χ2v) is 5.10. The molecular formula is C16H15F2N. The maximum Gasteiger partial charge on any atom is 0.276 e. The third-order valence-electron chi connectivity index (χ3n) is 3.56. The minimum Gasteiger partial charge on any atom is -0.399 e. The topological polar surface area (TPSA) is 26.0 Å². The number of hydrogen-bond donors (Lipinski definition) is 1. The third kappa shape index (κ3) is 2.33. The van der Waals surface area contributed by atoms with Gasteiger partial charge in [0.2, 0.25) is 0 Å². The highest BCUT2D eigenvalue weighted by atomic mass is 19.3. The smallest absolute Gasteiger partial charge is 0.276 e. The van der Waals surface area contributed by atoms with Crippen molar-refractivity contribution in [3.05, 3.63) is 54.1 Å². The van der Waals surface area contributed by atoms with Gasteiger partial charge in [0.15, 0.2) is 0 Å². The Kier molecular flexibility index (Phi) is 2.77. The van der Waals surface area contributed by atoms with Gasteiger partial charge in [-0.05, 0) is 42.2 Å². The summed E-state index contributed by atoms with van der Waals surface area (Å²) >= 11 is 0. The highest BCUT2D eigenvalue weighted by Gasteiger charge is 2.47. The normalized spacial score (nSPS) is 15.5. The van der Waals surface area contributed by atoms with Gasteiger partial charge < -0.3 is 5.73 Å². The van der Waals surface area contributed by atoms with E-state index in [1.165, 1.54) is 6.07 Å². The van der Waals surface area contributed by atoms with Gasteiger partial charge >= 0.3 is 0 Å². The van der Waals surface area contributed by atoms with Crippen molar-refractivity contribution < 1.29 is 8.78 Å². The van der Waals surface area contributed by atoms with Crippen LogP contribution in [0.3, 0.4) is 0 Å².